The molecule has 3 atom stereocenters. The molecule has 0 aromatic carbocycles. The summed E-state index contributed by atoms with van der Waals surface area (Å²) in [5, 5.41) is 10.2. The molecular weight excluding hydrogens is 164 g/mol. The van der Waals surface area contributed by atoms with Gasteiger partial charge in [0.15, 0.2) is 0 Å². The fourth-order valence-corrected chi connectivity index (χ4v) is 2.50. The van der Waals surface area contributed by atoms with Crippen molar-refractivity contribution in [2.45, 2.75) is 57.7 Å². The van der Waals surface area contributed by atoms with Gasteiger partial charge >= 0.3 is 0 Å². The summed E-state index contributed by atoms with van der Waals surface area (Å²) in [6.45, 7) is 5.16. The van der Waals surface area contributed by atoms with Gasteiger partial charge in [0.25, 0.3) is 0 Å². The molecule has 1 heterocycles. The molecule has 0 radical (unpaired) electrons. The van der Waals surface area contributed by atoms with E-state index in [0.717, 1.165) is 25.9 Å². The SMILES string of the molecule is CC1(O)CCCC1(C)CCC1CO1. The average Bonchev–Trinajstić information content (AvgIpc) is 2.79. The van der Waals surface area contributed by atoms with E-state index >= 15 is 0 Å². The molecule has 0 aromatic heterocycles. The van der Waals surface area contributed by atoms with E-state index in [9.17, 15) is 5.11 Å². The van der Waals surface area contributed by atoms with Crippen molar-refractivity contribution in [2.24, 2.45) is 5.41 Å². The maximum atomic E-state index is 10.2. The van der Waals surface area contributed by atoms with E-state index < -0.39 is 5.60 Å². The smallest absolute Gasteiger partial charge is 0.0810 e. The second kappa shape index (κ2) is 2.96. The predicted molar refractivity (Wildman–Crippen MR) is 51.6 cm³/mol. The molecular formula is C11H20O2. The van der Waals surface area contributed by atoms with Gasteiger partial charge in [0.05, 0.1) is 18.3 Å². The molecule has 2 rings (SSSR count). The van der Waals surface area contributed by atoms with Crippen molar-refractivity contribution in [1.82, 2.24) is 0 Å². The normalized spacial score (nSPS) is 49.6. The van der Waals surface area contributed by atoms with Crippen LogP contribution in [0.3, 0.4) is 0 Å². The highest BCUT2D eigenvalue weighted by Gasteiger charge is 2.47. The number of aliphatic hydroxyl groups is 1. The Morgan fingerprint density at radius 1 is 1.38 bits per heavy atom. The zero-order chi connectivity index (χ0) is 9.53. The van der Waals surface area contributed by atoms with Crippen molar-refractivity contribution in [3.05, 3.63) is 0 Å². The summed E-state index contributed by atoms with van der Waals surface area (Å²) in [5.74, 6) is 0. The topological polar surface area (TPSA) is 32.8 Å². The molecule has 0 aromatic rings. The van der Waals surface area contributed by atoms with Crippen molar-refractivity contribution in [1.29, 1.82) is 0 Å². The highest BCUT2D eigenvalue weighted by Crippen LogP contribution is 2.49. The van der Waals surface area contributed by atoms with Gasteiger partial charge in [-0.05, 0) is 44.4 Å². The fourth-order valence-electron chi connectivity index (χ4n) is 2.50. The van der Waals surface area contributed by atoms with Gasteiger partial charge in [-0.15, -0.1) is 0 Å². The van der Waals surface area contributed by atoms with E-state index in [1.807, 2.05) is 6.92 Å². The molecule has 76 valence electrons. The second-order valence-electron chi connectivity index (χ2n) is 5.18. The molecule has 13 heavy (non-hydrogen) atoms. The zero-order valence-electron chi connectivity index (χ0n) is 8.68. The Hall–Kier alpha value is -0.0800. The lowest BCUT2D eigenvalue weighted by atomic mass is 9.73. The highest BCUT2D eigenvalue weighted by atomic mass is 16.6. The van der Waals surface area contributed by atoms with E-state index in [-0.39, 0.29) is 5.41 Å². The van der Waals surface area contributed by atoms with Crippen LogP contribution in [0.1, 0.15) is 46.0 Å². The fraction of sp³-hybridized carbons (Fsp3) is 1.00. The van der Waals surface area contributed by atoms with Crippen LogP contribution in [0.25, 0.3) is 0 Å². The van der Waals surface area contributed by atoms with Gasteiger partial charge in [-0.3, -0.25) is 0 Å². The number of epoxide rings is 1. The Bertz CT molecular complexity index is 196. The summed E-state index contributed by atoms with van der Waals surface area (Å²) in [6.07, 6.45) is 6.07. The monoisotopic (exact) mass is 184 g/mol. The van der Waals surface area contributed by atoms with Crippen molar-refractivity contribution >= 4 is 0 Å². The Labute approximate surface area is 80.3 Å². The van der Waals surface area contributed by atoms with Crippen molar-refractivity contribution in [3.8, 4) is 0 Å². The maximum absolute atomic E-state index is 10.2. The minimum Gasteiger partial charge on any atom is -0.390 e. The van der Waals surface area contributed by atoms with E-state index in [1.54, 1.807) is 0 Å². The van der Waals surface area contributed by atoms with Crippen LogP contribution >= 0.6 is 0 Å². The van der Waals surface area contributed by atoms with Gasteiger partial charge in [-0.25, -0.2) is 0 Å². The number of ether oxygens (including phenoxy) is 1. The Kier molecular flexibility index (Phi) is 2.16. The zero-order valence-corrected chi connectivity index (χ0v) is 8.68. The first kappa shape index (κ1) is 9.47. The minimum atomic E-state index is -0.443. The van der Waals surface area contributed by atoms with Gasteiger partial charge in [0.1, 0.15) is 0 Å². The molecule has 1 N–H and O–H groups in total. The largest absolute Gasteiger partial charge is 0.390 e. The summed E-state index contributed by atoms with van der Waals surface area (Å²) >= 11 is 0. The van der Waals surface area contributed by atoms with Crippen molar-refractivity contribution in [2.75, 3.05) is 6.61 Å². The van der Waals surface area contributed by atoms with Crippen LogP contribution in [0, 0.1) is 5.41 Å². The summed E-state index contributed by atoms with van der Waals surface area (Å²) < 4.78 is 5.20. The molecule has 2 nitrogen and oxygen atoms in total. The standard InChI is InChI=1S/C11H20O2/c1-10(7-4-9-8-13-9)5-3-6-11(10,2)12/h9,12H,3-8H2,1-2H3. The summed E-state index contributed by atoms with van der Waals surface area (Å²) in [4.78, 5) is 0. The molecule has 2 aliphatic rings. The lowest BCUT2D eigenvalue weighted by Crippen LogP contribution is -2.38. The molecule has 0 bridgehead atoms. The first-order valence-corrected chi connectivity index (χ1v) is 5.38. The van der Waals surface area contributed by atoms with Gasteiger partial charge in [-0.2, -0.15) is 0 Å². The Morgan fingerprint density at radius 2 is 2.08 bits per heavy atom. The predicted octanol–water partition coefficient (Wildman–Crippen LogP) is 2.11. The van der Waals surface area contributed by atoms with E-state index in [4.69, 9.17) is 4.74 Å². The van der Waals surface area contributed by atoms with Crippen LogP contribution in [-0.2, 0) is 4.74 Å². The molecule has 1 aliphatic heterocycles. The third-order valence-electron chi connectivity index (χ3n) is 4.11. The van der Waals surface area contributed by atoms with Crippen molar-refractivity contribution < 1.29 is 9.84 Å². The van der Waals surface area contributed by atoms with E-state index in [1.165, 1.54) is 12.8 Å². The average molecular weight is 184 g/mol. The first-order chi connectivity index (χ1) is 6.04. The number of rotatable bonds is 3. The first-order valence-electron chi connectivity index (χ1n) is 5.38. The van der Waals surface area contributed by atoms with Crippen LogP contribution in [0.4, 0.5) is 0 Å². The highest BCUT2D eigenvalue weighted by molar-refractivity contribution is 4.98. The summed E-state index contributed by atoms with van der Waals surface area (Å²) in [6, 6.07) is 0. The third kappa shape index (κ3) is 1.75. The lowest BCUT2D eigenvalue weighted by molar-refractivity contribution is -0.0417. The molecule has 2 heteroatoms. The molecule has 1 aliphatic carbocycles. The Balaban J connectivity index is 1.92. The maximum Gasteiger partial charge on any atom is 0.0810 e. The molecule has 1 saturated carbocycles. The van der Waals surface area contributed by atoms with Gasteiger partial charge in [-0.1, -0.05) is 6.92 Å². The molecule has 0 spiro atoms. The van der Waals surface area contributed by atoms with Crippen LogP contribution in [0.2, 0.25) is 0 Å². The van der Waals surface area contributed by atoms with E-state index in [0.29, 0.717) is 6.10 Å². The number of hydrogen-bond donors (Lipinski definition) is 1. The number of hydrogen-bond acceptors (Lipinski definition) is 2. The van der Waals surface area contributed by atoms with Crippen LogP contribution in [0.15, 0.2) is 0 Å². The quantitative estimate of drug-likeness (QED) is 0.681. The molecule has 2 fully saturated rings. The molecule has 3 unspecified atom stereocenters. The van der Waals surface area contributed by atoms with Crippen LogP contribution < -0.4 is 0 Å². The van der Waals surface area contributed by atoms with Crippen LogP contribution in [0.5, 0.6) is 0 Å². The summed E-state index contributed by atoms with van der Waals surface area (Å²) in [5.41, 5.74) is -0.305. The molecule has 0 amide bonds. The van der Waals surface area contributed by atoms with E-state index in [2.05, 4.69) is 6.92 Å². The molecule has 1 saturated heterocycles. The van der Waals surface area contributed by atoms with Gasteiger partial charge in [0.2, 0.25) is 0 Å². The van der Waals surface area contributed by atoms with Gasteiger partial charge in [0, 0.05) is 0 Å². The van der Waals surface area contributed by atoms with Crippen LogP contribution in [-0.4, -0.2) is 23.4 Å². The second-order valence-corrected chi connectivity index (χ2v) is 5.18. The van der Waals surface area contributed by atoms with Crippen molar-refractivity contribution in [3.63, 3.8) is 0 Å². The minimum absolute atomic E-state index is 0.138. The summed E-state index contributed by atoms with van der Waals surface area (Å²) in [7, 11) is 0. The lowest BCUT2D eigenvalue weighted by Gasteiger charge is -2.37. The Morgan fingerprint density at radius 3 is 2.54 bits per heavy atom. The third-order valence-corrected chi connectivity index (χ3v) is 4.11. The van der Waals surface area contributed by atoms with Gasteiger partial charge < -0.3 is 9.84 Å².